The number of hydrogen-bond donors (Lipinski definition) is 0. The molecular formula is C15H9BrFNO2. The van der Waals surface area contributed by atoms with Gasteiger partial charge < -0.3 is 4.90 Å². The van der Waals surface area contributed by atoms with Crippen LogP contribution < -0.4 is 4.90 Å². The lowest BCUT2D eigenvalue weighted by atomic mass is 10.1. The number of fused-ring (bicyclic) bond motifs is 1. The summed E-state index contributed by atoms with van der Waals surface area (Å²) < 4.78 is 14.1. The maximum Gasteiger partial charge on any atom is 0.299 e. The van der Waals surface area contributed by atoms with Gasteiger partial charge in [0, 0.05) is 4.47 Å². The third-order valence-electron chi connectivity index (χ3n) is 3.16. The highest BCUT2D eigenvalue weighted by atomic mass is 79.9. The van der Waals surface area contributed by atoms with Crippen LogP contribution in [0, 0.1) is 5.82 Å². The minimum Gasteiger partial charge on any atom is -0.300 e. The molecule has 0 saturated carbocycles. The minimum atomic E-state index is -0.658. The maximum atomic E-state index is 13.2. The molecule has 0 N–H and O–H groups in total. The van der Waals surface area contributed by atoms with Gasteiger partial charge in [0.1, 0.15) is 5.82 Å². The van der Waals surface area contributed by atoms with Gasteiger partial charge in [-0.2, -0.15) is 0 Å². The monoisotopic (exact) mass is 333 g/mol. The summed E-state index contributed by atoms with van der Waals surface area (Å²) in [4.78, 5) is 25.2. The van der Waals surface area contributed by atoms with Crippen molar-refractivity contribution in [3.05, 3.63) is 63.9 Å². The van der Waals surface area contributed by atoms with E-state index in [1.54, 1.807) is 0 Å². The number of anilines is 1. The second-order valence-corrected chi connectivity index (χ2v) is 5.43. The zero-order valence-electron chi connectivity index (χ0n) is 10.3. The Morgan fingerprint density at radius 3 is 2.65 bits per heavy atom. The summed E-state index contributed by atoms with van der Waals surface area (Å²) in [5, 5.41) is 0. The van der Waals surface area contributed by atoms with Crippen molar-refractivity contribution < 1.29 is 14.0 Å². The van der Waals surface area contributed by atoms with Gasteiger partial charge in [0.2, 0.25) is 0 Å². The zero-order chi connectivity index (χ0) is 14.3. The molecule has 1 amide bonds. The summed E-state index contributed by atoms with van der Waals surface area (Å²) in [6.45, 7) is 0.280. The summed E-state index contributed by atoms with van der Waals surface area (Å²) >= 11 is 3.36. The van der Waals surface area contributed by atoms with E-state index < -0.39 is 17.5 Å². The Morgan fingerprint density at radius 1 is 1.10 bits per heavy atom. The van der Waals surface area contributed by atoms with Crippen molar-refractivity contribution in [2.45, 2.75) is 6.54 Å². The summed E-state index contributed by atoms with van der Waals surface area (Å²) in [5.41, 5.74) is 1.48. The topological polar surface area (TPSA) is 37.4 Å². The Balaban J connectivity index is 1.99. The predicted octanol–water partition coefficient (Wildman–Crippen LogP) is 3.32. The number of Topliss-reactive ketones (excluding diaryl/α,β-unsaturated/α-hetero) is 1. The van der Waals surface area contributed by atoms with Crippen LogP contribution in [0.25, 0.3) is 0 Å². The van der Waals surface area contributed by atoms with Gasteiger partial charge in [-0.05, 0) is 35.9 Å². The van der Waals surface area contributed by atoms with Gasteiger partial charge in [-0.1, -0.05) is 28.1 Å². The lowest BCUT2D eigenvalue weighted by Gasteiger charge is -2.16. The molecule has 0 bridgehead atoms. The van der Waals surface area contributed by atoms with Gasteiger partial charge in [0.25, 0.3) is 11.7 Å². The first-order chi connectivity index (χ1) is 9.56. The lowest BCUT2D eigenvalue weighted by molar-refractivity contribution is -0.114. The highest BCUT2D eigenvalue weighted by Crippen LogP contribution is 2.31. The fourth-order valence-corrected chi connectivity index (χ4v) is 2.69. The molecule has 0 aromatic heterocycles. The van der Waals surface area contributed by atoms with Crippen LogP contribution in [0.2, 0.25) is 0 Å². The number of nitrogens with zero attached hydrogens (tertiary/aromatic N) is 1. The van der Waals surface area contributed by atoms with Crippen molar-refractivity contribution in [3.8, 4) is 0 Å². The van der Waals surface area contributed by atoms with Crippen LogP contribution in [-0.4, -0.2) is 11.7 Å². The molecule has 2 aromatic rings. The first kappa shape index (κ1) is 13.0. The van der Waals surface area contributed by atoms with Crippen molar-refractivity contribution in [1.82, 2.24) is 0 Å². The van der Waals surface area contributed by atoms with Crippen LogP contribution in [-0.2, 0) is 11.3 Å². The zero-order valence-corrected chi connectivity index (χ0v) is 11.9. The largest absolute Gasteiger partial charge is 0.300 e. The molecule has 1 aliphatic rings. The molecule has 1 aliphatic heterocycles. The Hall–Kier alpha value is -2.01. The Kier molecular flexibility index (Phi) is 3.14. The van der Waals surface area contributed by atoms with Crippen LogP contribution in [0.15, 0.2) is 46.9 Å². The van der Waals surface area contributed by atoms with Gasteiger partial charge in [-0.25, -0.2) is 4.39 Å². The van der Waals surface area contributed by atoms with Crippen molar-refractivity contribution in [3.63, 3.8) is 0 Å². The van der Waals surface area contributed by atoms with Crippen LogP contribution in [0.4, 0.5) is 10.1 Å². The summed E-state index contributed by atoms with van der Waals surface area (Å²) in [6, 6.07) is 11.3. The van der Waals surface area contributed by atoms with Gasteiger partial charge in [-0.3, -0.25) is 9.59 Å². The van der Waals surface area contributed by atoms with Crippen LogP contribution in [0.1, 0.15) is 15.9 Å². The molecule has 1 heterocycles. The number of rotatable bonds is 2. The van der Waals surface area contributed by atoms with Gasteiger partial charge in [0.15, 0.2) is 0 Å². The molecule has 20 heavy (non-hydrogen) atoms. The molecule has 0 spiro atoms. The van der Waals surface area contributed by atoms with Gasteiger partial charge in [-0.15, -0.1) is 0 Å². The molecule has 0 atom stereocenters. The van der Waals surface area contributed by atoms with Gasteiger partial charge in [0.05, 0.1) is 17.8 Å². The van der Waals surface area contributed by atoms with Crippen molar-refractivity contribution >= 4 is 33.3 Å². The van der Waals surface area contributed by atoms with Crippen molar-refractivity contribution in [2.75, 3.05) is 4.90 Å². The average molecular weight is 334 g/mol. The molecule has 0 unspecified atom stereocenters. The molecule has 3 rings (SSSR count). The fourth-order valence-electron chi connectivity index (χ4n) is 2.25. The molecule has 0 saturated heterocycles. The second kappa shape index (κ2) is 4.83. The molecule has 3 nitrogen and oxygen atoms in total. The first-order valence-electron chi connectivity index (χ1n) is 5.96. The quantitative estimate of drug-likeness (QED) is 0.790. The molecule has 0 fully saturated rings. The lowest BCUT2D eigenvalue weighted by Crippen LogP contribution is -2.29. The molecule has 0 aliphatic carbocycles. The van der Waals surface area contributed by atoms with E-state index in [4.69, 9.17) is 0 Å². The fraction of sp³-hybridized carbons (Fsp3) is 0.0667. The van der Waals surface area contributed by atoms with E-state index in [9.17, 15) is 14.0 Å². The van der Waals surface area contributed by atoms with Crippen LogP contribution in [0.3, 0.4) is 0 Å². The number of hydrogen-bond acceptors (Lipinski definition) is 2. The van der Waals surface area contributed by atoms with E-state index in [0.717, 1.165) is 16.1 Å². The average Bonchev–Trinajstić information content (AvgIpc) is 2.64. The van der Waals surface area contributed by atoms with E-state index >= 15 is 0 Å². The molecule has 0 radical (unpaired) electrons. The van der Waals surface area contributed by atoms with Crippen molar-refractivity contribution in [2.24, 2.45) is 0 Å². The normalized spacial score (nSPS) is 13.8. The SMILES string of the molecule is O=C1C(=O)N(Cc2cccc(Br)c2)c2ccc(F)cc21. The third-order valence-corrected chi connectivity index (χ3v) is 3.66. The number of benzene rings is 2. The van der Waals surface area contributed by atoms with E-state index in [0.29, 0.717) is 5.69 Å². The Bertz CT molecular complexity index is 730. The highest BCUT2D eigenvalue weighted by molar-refractivity contribution is 9.10. The third kappa shape index (κ3) is 2.14. The summed E-state index contributed by atoms with van der Waals surface area (Å²) in [5.74, 6) is -1.80. The van der Waals surface area contributed by atoms with Crippen LogP contribution >= 0.6 is 15.9 Å². The summed E-state index contributed by atoms with van der Waals surface area (Å²) in [7, 11) is 0. The van der Waals surface area contributed by atoms with E-state index in [-0.39, 0.29) is 12.1 Å². The minimum absolute atomic E-state index is 0.130. The smallest absolute Gasteiger partial charge is 0.299 e. The van der Waals surface area contributed by atoms with Gasteiger partial charge >= 0.3 is 0 Å². The Labute approximate surface area is 123 Å². The summed E-state index contributed by atoms with van der Waals surface area (Å²) in [6.07, 6.45) is 0. The van der Waals surface area contributed by atoms with E-state index in [2.05, 4.69) is 15.9 Å². The van der Waals surface area contributed by atoms with E-state index in [1.165, 1.54) is 17.0 Å². The molecule has 2 aromatic carbocycles. The Morgan fingerprint density at radius 2 is 1.90 bits per heavy atom. The van der Waals surface area contributed by atoms with Crippen LogP contribution in [0.5, 0.6) is 0 Å². The van der Waals surface area contributed by atoms with E-state index in [1.807, 2.05) is 24.3 Å². The molecule has 100 valence electrons. The highest BCUT2D eigenvalue weighted by Gasteiger charge is 2.35. The number of carbonyl (C=O) groups is 2. The standard InChI is InChI=1S/C15H9BrFNO2/c16-10-3-1-2-9(6-10)8-18-13-5-4-11(17)7-12(13)14(19)15(18)20/h1-7H,8H2. The molecular weight excluding hydrogens is 325 g/mol. The number of amides is 1. The van der Waals surface area contributed by atoms with Crippen molar-refractivity contribution in [1.29, 1.82) is 0 Å². The maximum absolute atomic E-state index is 13.2. The first-order valence-corrected chi connectivity index (χ1v) is 6.76. The second-order valence-electron chi connectivity index (χ2n) is 4.51. The number of halogens is 2. The number of carbonyl (C=O) groups excluding carboxylic acids is 2. The predicted molar refractivity (Wildman–Crippen MR) is 76.1 cm³/mol. The number of ketones is 1. The molecule has 5 heteroatoms.